The van der Waals surface area contributed by atoms with Gasteiger partial charge in [-0.1, -0.05) is 12.1 Å². The van der Waals surface area contributed by atoms with Gasteiger partial charge in [-0.3, -0.25) is 4.79 Å². The highest BCUT2D eigenvalue weighted by molar-refractivity contribution is 6.04. The van der Waals surface area contributed by atoms with Crippen LogP contribution in [0, 0.1) is 20.8 Å². The van der Waals surface area contributed by atoms with Crippen LogP contribution in [0.15, 0.2) is 48.5 Å². The average molecular weight is 306 g/mol. The number of carbonyl (C=O) groups is 1. The highest BCUT2D eigenvalue weighted by Crippen LogP contribution is 2.15. The van der Waals surface area contributed by atoms with Crippen LogP contribution in [0.5, 0.6) is 0 Å². The molecular weight excluding hydrogens is 288 g/mol. The molecule has 0 fully saturated rings. The van der Waals surface area contributed by atoms with E-state index in [1.807, 2.05) is 61.9 Å². The SMILES string of the molecule is Cc1cccc(NC(=O)c2cccc(-n3nc(C)cc3C)c2)n1. The first-order valence-corrected chi connectivity index (χ1v) is 7.41. The van der Waals surface area contributed by atoms with Gasteiger partial charge in [-0.2, -0.15) is 5.10 Å². The number of nitrogens with zero attached hydrogens (tertiary/aromatic N) is 3. The van der Waals surface area contributed by atoms with Gasteiger partial charge < -0.3 is 5.32 Å². The Balaban J connectivity index is 1.87. The van der Waals surface area contributed by atoms with Crippen LogP contribution in [-0.2, 0) is 0 Å². The van der Waals surface area contributed by atoms with Gasteiger partial charge in [0.05, 0.1) is 11.4 Å². The molecule has 1 amide bonds. The van der Waals surface area contributed by atoms with Crippen molar-refractivity contribution in [2.24, 2.45) is 0 Å². The molecule has 3 aromatic rings. The van der Waals surface area contributed by atoms with Crippen LogP contribution in [-0.4, -0.2) is 20.7 Å². The van der Waals surface area contributed by atoms with Crippen molar-refractivity contribution in [3.05, 3.63) is 71.2 Å². The van der Waals surface area contributed by atoms with E-state index < -0.39 is 0 Å². The number of amides is 1. The second-order valence-electron chi connectivity index (χ2n) is 5.51. The Morgan fingerprint density at radius 2 is 1.78 bits per heavy atom. The summed E-state index contributed by atoms with van der Waals surface area (Å²) in [6.45, 7) is 5.83. The molecule has 1 N–H and O–H groups in total. The van der Waals surface area contributed by atoms with Crippen LogP contribution in [0.4, 0.5) is 5.82 Å². The Morgan fingerprint density at radius 3 is 2.48 bits per heavy atom. The van der Waals surface area contributed by atoms with Gasteiger partial charge in [0.2, 0.25) is 0 Å². The monoisotopic (exact) mass is 306 g/mol. The van der Waals surface area contributed by atoms with Crippen LogP contribution in [0.25, 0.3) is 5.69 Å². The number of benzene rings is 1. The third-order valence-electron chi connectivity index (χ3n) is 3.49. The summed E-state index contributed by atoms with van der Waals surface area (Å²) in [7, 11) is 0. The molecule has 1 aromatic carbocycles. The summed E-state index contributed by atoms with van der Waals surface area (Å²) in [6.07, 6.45) is 0. The van der Waals surface area contributed by atoms with Crippen molar-refractivity contribution in [2.45, 2.75) is 20.8 Å². The molecule has 0 radical (unpaired) electrons. The summed E-state index contributed by atoms with van der Waals surface area (Å²) in [5.41, 5.74) is 4.26. The Kier molecular flexibility index (Phi) is 3.93. The minimum Gasteiger partial charge on any atom is -0.307 e. The maximum atomic E-state index is 12.4. The summed E-state index contributed by atoms with van der Waals surface area (Å²) in [4.78, 5) is 16.7. The number of aryl methyl sites for hydroxylation is 3. The molecule has 0 bridgehead atoms. The number of anilines is 1. The fraction of sp³-hybridized carbons (Fsp3) is 0.167. The van der Waals surface area contributed by atoms with Gasteiger partial charge in [-0.05, 0) is 57.2 Å². The molecule has 0 spiro atoms. The minimum atomic E-state index is -0.188. The highest BCUT2D eigenvalue weighted by Gasteiger charge is 2.10. The summed E-state index contributed by atoms with van der Waals surface area (Å²) in [5, 5.41) is 7.27. The van der Waals surface area contributed by atoms with Gasteiger partial charge >= 0.3 is 0 Å². The normalized spacial score (nSPS) is 10.6. The van der Waals surface area contributed by atoms with Gasteiger partial charge in [0, 0.05) is 17.0 Å². The number of hydrogen-bond donors (Lipinski definition) is 1. The third-order valence-corrected chi connectivity index (χ3v) is 3.49. The largest absolute Gasteiger partial charge is 0.307 e. The zero-order chi connectivity index (χ0) is 16.4. The van der Waals surface area contributed by atoms with E-state index >= 15 is 0 Å². The molecule has 2 aromatic heterocycles. The van der Waals surface area contributed by atoms with Gasteiger partial charge in [0.1, 0.15) is 5.82 Å². The zero-order valence-corrected chi connectivity index (χ0v) is 13.4. The number of hydrogen-bond acceptors (Lipinski definition) is 3. The van der Waals surface area contributed by atoms with E-state index in [0.29, 0.717) is 11.4 Å². The van der Waals surface area contributed by atoms with E-state index in [-0.39, 0.29) is 5.91 Å². The molecule has 0 saturated heterocycles. The Hall–Kier alpha value is -2.95. The number of carbonyl (C=O) groups excluding carboxylic acids is 1. The minimum absolute atomic E-state index is 0.188. The van der Waals surface area contributed by atoms with E-state index in [4.69, 9.17) is 0 Å². The van der Waals surface area contributed by atoms with Crippen molar-refractivity contribution >= 4 is 11.7 Å². The lowest BCUT2D eigenvalue weighted by atomic mass is 10.2. The lowest BCUT2D eigenvalue weighted by Crippen LogP contribution is -2.13. The van der Waals surface area contributed by atoms with E-state index in [9.17, 15) is 4.79 Å². The van der Waals surface area contributed by atoms with Crippen LogP contribution in [0.2, 0.25) is 0 Å². The first-order valence-electron chi connectivity index (χ1n) is 7.41. The molecule has 3 rings (SSSR count). The molecular formula is C18H18N4O. The fourth-order valence-corrected chi connectivity index (χ4v) is 2.47. The Labute approximate surface area is 135 Å². The van der Waals surface area contributed by atoms with Gasteiger partial charge in [0.25, 0.3) is 5.91 Å². The molecule has 0 atom stereocenters. The number of nitrogens with one attached hydrogen (secondary N) is 1. The molecule has 23 heavy (non-hydrogen) atoms. The van der Waals surface area contributed by atoms with Gasteiger partial charge in [-0.25, -0.2) is 9.67 Å². The molecule has 0 unspecified atom stereocenters. The summed E-state index contributed by atoms with van der Waals surface area (Å²) >= 11 is 0. The first-order chi connectivity index (χ1) is 11.0. The molecule has 0 aliphatic carbocycles. The predicted octanol–water partition coefficient (Wildman–Crippen LogP) is 3.44. The zero-order valence-electron chi connectivity index (χ0n) is 13.4. The summed E-state index contributed by atoms with van der Waals surface area (Å²) in [6, 6.07) is 14.9. The van der Waals surface area contributed by atoms with E-state index in [1.165, 1.54) is 0 Å². The molecule has 5 heteroatoms. The van der Waals surface area contributed by atoms with Crippen LogP contribution in [0.1, 0.15) is 27.4 Å². The topological polar surface area (TPSA) is 59.8 Å². The van der Waals surface area contributed by atoms with Crippen molar-refractivity contribution in [1.82, 2.24) is 14.8 Å². The number of aromatic nitrogens is 3. The maximum Gasteiger partial charge on any atom is 0.256 e. The molecule has 2 heterocycles. The lowest BCUT2D eigenvalue weighted by molar-refractivity contribution is 0.102. The third kappa shape index (κ3) is 3.29. The molecule has 0 aliphatic heterocycles. The van der Waals surface area contributed by atoms with Crippen molar-refractivity contribution in [3.8, 4) is 5.69 Å². The summed E-state index contributed by atoms with van der Waals surface area (Å²) in [5.74, 6) is 0.359. The highest BCUT2D eigenvalue weighted by atomic mass is 16.1. The van der Waals surface area contributed by atoms with E-state index in [2.05, 4.69) is 15.4 Å². The molecule has 0 aliphatic rings. The standard InChI is InChI=1S/C18H18N4O/c1-12-6-4-9-17(19-12)20-18(23)15-7-5-8-16(11-15)22-14(3)10-13(2)21-22/h4-11H,1-3H3,(H,19,20,23). The van der Waals surface area contributed by atoms with Crippen molar-refractivity contribution in [2.75, 3.05) is 5.32 Å². The fourth-order valence-electron chi connectivity index (χ4n) is 2.47. The van der Waals surface area contributed by atoms with Crippen LogP contribution in [0.3, 0.4) is 0 Å². The lowest BCUT2D eigenvalue weighted by Gasteiger charge is -2.08. The number of rotatable bonds is 3. The molecule has 0 saturated carbocycles. The Bertz CT molecular complexity index is 867. The molecule has 5 nitrogen and oxygen atoms in total. The van der Waals surface area contributed by atoms with Gasteiger partial charge in [0.15, 0.2) is 0 Å². The van der Waals surface area contributed by atoms with Crippen LogP contribution >= 0.6 is 0 Å². The quantitative estimate of drug-likeness (QED) is 0.806. The molecule has 116 valence electrons. The second-order valence-corrected chi connectivity index (χ2v) is 5.51. The Morgan fingerprint density at radius 1 is 1.00 bits per heavy atom. The first kappa shape index (κ1) is 15.0. The average Bonchev–Trinajstić information content (AvgIpc) is 2.86. The van der Waals surface area contributed by atoms with Crippen molar-refractivity contribution in [3.63, 3.8) is 0 Å². The van der Waals surface area contributed by atoms with E-state index in [1.54, 1.807) is 12.1 Å². The second kappa shape index (κ2) is 6.04. The van der Waals surface area contributed by atoms with Crippen molar-refractivity contribution < 1.29 is 4.79 Å². The van der Waals surface area contributed by atoms with Crippen molar-refractivity contribution in [1.29, 1.82) is 0 Å². The smallest absolute Gasteiger partial charge is 0.256 e. The van der Waals surface area contributed by atoms with Crippen LogP contribution < -0.4 is 5.32 Å². The predicted molar refractivity (Wildman–Crippen MR) is 90.0 cm³/mol. The van der Waals surface area contributed by atoms with Gasteiger partial charge in [-0.15, -0.1) is 0 Å². The maximum absolute atomic E-state index is 12.4. The van der Waals surface area contributed by atoms with E-state index in [0.717, 1.165) is 22.8 Å². The number of pyridine rings is 1. The summed E-state index contributed by atoms with van der Waals surface area (Å²) < 4.78 is 1.83.